The van der Waals surface area contributed by atoms with Crippen molar-refractivity contribution in [1.29, 1.82) is 0 Å². The van der Waals surface area contributed by atoms with E-state index in [1.807, 2.05) is 19.1 Å². The van der Waals surface area contributed by atoms with Crippen LogP contribution in [-0.2, 0) is 16.6 Å². The Labute approximate surface area is 144 Å². The summed E-state index contributed by atoms with van der Waals surface area (Å²) < 4.78 is 27.3. The maximum absolute atomic E-state index is 12.2. The van der Waals surface area contributed by atoms with Crippen LogP contribution in [0.1, 0.15) is 10.4 Å². The molecule has 0 radical (unpaired) electrons. The van der Waals surface area contributed by atoms with Crippen LogP contribution >= 0.6 is 11.3 Å². The third kappa shape index (κ3) is 4.09. The van der Waals surface area contributed by atoms with Gasteiger partial charge < -0.3 is 5.32 Å². The summed E-state index contributed by atoms with van der Waals surface area (Å²) in [6.45, 7) is 2.49. The van der Waals surface area contributed by atoms with Crippen LogP contribution in [0.5, 0.6) is 0 Å². The van der Waals surface area contributed by atoms with Crippen molar-refractivity contribution in [1.82, 2.24) is 9.97 Å². The van der Waals surface area contributed by atoms with E-state index in [4.69, 9.17) is 0 Å². The van der Waals surface area contributed by atoms with Crippen LogP contribution in [0.25, 0.3) is 0 Å². The highest BCUT2D eigenvalue weighted by Gasteiger charge is 2.16. The summed E-state index contributed by atoms with van der Waals surface area (Å²) in [6, 6.07) is 10.6. The molecule has 6 nitrogen and oxygen atoms in total. The molecule has 8 heteroatoms. The number of anilines is 2. The minimum atomic E-state index is -3.58. The van der Waals surface area contributed by atoms with Crippen molar-refractivity contribution in [3.8, 4) is 0 Å². The van der Waals surface area contributed by atoms with Gasteiger partial charge in [-0.2, -0.15) is 0 Å². The lowest BCUT2D eigenvalue weighted by Gasteiger charge is -2.08. The summed E-state index contributed by atoms with van der Waals surface area (Å²) in [5.74, 6) is 0.285. The Hall–Kier alpha value is -2.45. The Balaban J connectivity index is 1.64. The highest BCUT2D eigenvalue weighted by molar-refractivity contribution is 7.94. The Kier molecular flexibility index (Phi) is 4.77. The number of aryl methyl sites for hydroxylation is 1. The van der Waals surface area contributed by atoms with Crippen LogP contribution in [0.2, 0.25) is 0 Å². The number of hydrogen-bond donors (Lipinski definition) is 2. The van der Waals surface area contributed by atoms with E-state index in [1.165, 1.54) is 11.3 Å². The molecule has 24 heavy (non-hydrogen) atoms. The zero-order valence-corrected chi connectivity index (χ0v) is 14.6. The van der Waals surface area contributed by atoms with Gasteiger partial charge in [0.15, 0.2) is 0 Å². The first-order valence-corrected chi connectivity index (χ1v) is 9.51. The summed E-state index contributed by atoms with van der Waals surface area (Å²) in [4.78, 5) is 9.14. The molecule has 0 atom stereocenters. The quantitative estimate of drug-likeness (QED) is 0.705. The van der Waals surface area contributed by atoms with E-state index in [9.17, 15) is 8.42 Å². The molecule has 0 bridgehead atoms. The van der Waals surface area contributed by atoms with Crippen molar-refractivity contribution < 1.29 is 8.42 Å². The zero-order chi connectivity index (χ0) is 17.0. The van der Waals surface area contributed by atoms with E-state index >= 15 is 0 Å². The fourth-order valence-corrected chi connectivity index (χ4v) is 4.30. The molecule has 0 spiro atoms. The molecule has 0 fully saturated rings. The molecule has 0 aliphatic rings. The lowest BCUT2D eigenvalue weighted by Crippen LogP contribution is -2.12. The van der Waals surface area contributed by atoms with E-state index in [1.54, 1.807) is 42.9 Å². The zero-order valence-electron chi connectivity index (χ0n) is 12.9. The van der Waals surface area contributed by atoms with Crippen LogP contribution in [-0.4, -0.2) is 18.4 Å². The number of aromatic nitrogens is 2. The van der Waals surface area contributed by atoms with Gasteiger partial charge in [-0.3, -0.25) is 9.71 Å². The number of sulfonamides is 1. The van der Waals surface area contributed by atoms with Crippen LogP contribution in [0.4, 0.5) is 11.5 Å². The summed E-state index contributed by atoms with van der Waals surface area (Å²) in [7, 11) is -3.58. The number of hydrogen-bond acceptors (Lipinski definition) is 6. The van der Waals surface area contributed by atoms with Gasteiger partial charge >= 0.3 is 0 Å². The third-order valence-corrected chi connectivity index (χ3v) is 6.05. The monoisotopic (exact) mass is 360 g/mol. The second-order valence-corrected chi connectivity index (χ2v) is 8.31. The summed E-state index contributed by atoms with van der Waals surface area (Å²) >= 11 is 1.23. The Bertz CT molecular complexity index is 907. The van der Waals surface area contributed by atoms with Gasteiger partial charge in [-0.25, -0.2) is 13.4 Å². The van der Waals surface area contributed by atoms with Crippen molar-refractivity contribution in [3.63, 3.8) is 0 Å². The normalized spacial score (nSPS) is 11.2. The van der Waals surface area contributed by atoms with Crippen molar-refractivity contribution in [3.05, 3.63) is 65.4 Å². The minimum Gasteiger partial charge on any atom is -0.380 e. The third-order valence-electron chi connectivity index (χ3n) is 3.20. The molecule has 0 aliphatic heterocycles. The first-order chi connectivity index (χ1) is 11.5. The van der Waals surface area contributed by atoms with Crippen LogP contribution in [0, 0.1) is 6.92 Å². The molecule has 0 unspecified atom stereocenters. The average molecular weight is 360 g/mol. The summed E-state index contributed by atoms with van der Waals surface area (Å²) in [5, 5.41) is 3.21. The molecule has 124 valence electrons. The number of thiophene rings is 1. The van der Waals surface area contributed by atoms with E-state index in [-0.39, 0.29) is 10.0 Å². The molecule has 3 heterocycles. The molecule has 0 amide bonds. The average Bonchev–Trinajstić information content (AvgIpc) is 3.02. The number of rotatable bonds is 6. The predicted molar refractivity (Wildman–Crippen MR) is 95.7 cm³/mol. The molecule has 0 aliphatic carbocycles. The molecular weight excluding hydrogens is 344 g/mol. The highest BCUT2D eigenvalue weighted by Crippen LogP contribution is 2.23. The van der Waals surface area contributed by atoms with Crippen molar-refractivity contribution >= 4 is 32.9 Å². The predicted octanol–water partition coefficient (Wildman–Crippen LogP) is 3.26. The molecule has 3 aromatic heterocycles. The van der Waals surface area contributed by atoms with Crippen molar-refractivity contribution in [2.45, 2.75) is 17.7 Å². The molecule has 3 aromatic rings. The lowest BCUT2D eigenvalue weighted by molar-refractivity contribution is 0.603. The second kappa shape index (κ2) is 6.98. The first kappa shape index (κ1) is 16.4. The lowest BCUT2D eigenvalue weighted by atomic mass is 10.3. The number of nitrogens with one attached hydrogen (secondary N) is 2. The van der Waals surface area contributed by atoms with Crippen LogP contribution in [0.15, 0.2) is 59.2 Å². The first-order valence-electron chi connectivity index (χ1n) is 7.21. The molecule has 3 rings (SSSR count). The van der Waals surface area contributed by atoms with Gasteiger partial charge in [-0.1, -0.05) is 6.07 Å². The molecule has 2 N–H and O–H groups in total. The van der Waals surface area contributed by atoms with E-state index < -0.39 is 10.0 Å². The van der Waals surface area contributed by atoms with Gasteiger partial charge in [0, 0.05) is 23.8 Å². The van der Waals surface area contributed by atoms with Crippen LogP contribution < -0.4 is 10.0 Å². The fourth-order valence-electron chi connectivity index (χ4n) is 2.01. The Morgan fingerprint density at radius 3 is 2.62 bits per heavy atom. The van der Waals surface area contributed by atoms with E-state index in [2.05, 4.69) is 20.0 Å². The van der Waals surface area contributed by atoms with Gasteiger partial charge in [0.25, 0.3) is 10.0 Å². The van der Waals surface area contributed by atoms with E-state index in [0.717, 1.165) is 16.1 Å². The van der Waals surface area contributed by atoms with Gasteiger partial charge in [-0.15, -0.1) is 11.3 Å². The molecule has 0 saturated carbocycles. The van der Waals surface area contributed by atoms with Crippen molar-refractivity contribution in [2.24, 2.45) is 0 Å². The largest absolute Gasteiger partial charge is 0.380 e. The second-order valence-electron chi connectivity index (χ2n) is 5.12. The number of pyridine rings is 2. The topological polar surface area (TPSA) is 84.0 Å². The standard InChI is InChI=1S/C16H16N4O2S2/c1-12-4-7-16(23-12)24(21,22)20-15-6-5-14(11-19-15)18-10-13-3-2-8-17-9-13/h2-9,11,18H,10H2,1H3,(H,19,20). The summed E-state index contributed by atoms with van der Waals surface area (Å²) in [5.41, 5.74) is 1.85. The maximum Gasteiger partial charge on any atom is 0.272 e. The fraction of sp³-hybridized carbons (Fsp3) is 0.125. The molecule has 0 saturated heterocycles. The smallest absolute Gasteiger partial charge is 0.272 e. The Morgan fingerprint density at radius 2 is 2.00 bits per heavy atom. The number of nitrogens with zero attached hydrogens (tertiary/aromatic N) is 2. The SMILES string of the molecule is Cc1ccc(S(=O)(=O)Nc2ccc(NCc3cccnc3)cn2)s1. The highest BCUT2D eigenvalue weighted by atomic mass is 32.2. The van der Waals surface area contributed by atoms with Gasteiger partial charge in [-0.05, 0) is 42.8 Å². The molecule has 0 aromatic carbocycles. The van der Waals surface area contributed by atoms with E-state index in [0.29, 0.717) is 6.54 Å². The molecular formula is C16H16N4O2S2. The minimum absolute atomic E-state index is 0.278. The Morgan fingerprint density at radius 1 is 1.12 bits per heavy atom. The maximum atomic E-state index is 12.2. The van der Waals surface area contributed by atoms with Gasteiger partial charge in [0.2, 0.25) is 0 Å². The van der Waals surface area contributed by atoms with Gasteiger partial charge in [0.05, 0.1) is 11.9 Å². The van der Waals surface area contributed by atoms with Gasteiger partial charge in [0.1, 0.15) is 10.0 Å². The van der Waals surface area contributed by atoms with Crippen molar-refractivity contribution in [2.75, 3.05) is 10.0 Å². The summed E-state index contributed by atoms with van der Waals surface area (Å²) in [6.07, 6.45) is 5.10. The van der Waals surface area contributed by atoms with Crippen LogP contribution in [0.3, 0.4) is 0 Å².